The van der Waals surface area contributed by atoms with Crippen molar-refractivity contribution in [1.82, 2.24) is 10.3 Å². The van der Waals surface area contributed by atoms with E-state index in [2.05, 4.69) is 15.0 Å². The summed E-state index contributed by atoms with van der Waals surface area (Å²) in [5.74, 6) is 0. The molecule has 0 aliphatic heterocycles. The van der Waals surface area contributed by atoms with Crippen molar-refractivity contribution < 1.29 is 17.9 Å². The zero-order chi connectivity index (χ0) is 12.7. The molecule has 1 heterocycles. The number of hydrogen-bond acceptors (Lipinski definition) is 3. The molecule has 0 bridgehead atoms. The first kappa shape index (κ1) is 14.2. The zero-order valence-corrected chi connectivity index (χ0v) is 9.68. The van der Waals surface area contributed by atoms with E-state index in [0.29, 0.717) is 18.1 Å². The van der Waals surface area contributed by atoms with Crippen molar-refractivity contribution in [2.45, 2.75) is 12.7 Å². The van der Waals surface area contributed by atoms with Crippen LogP contribution in [0.15, 0.2) is 18.5 Å². The maximum absolute atomic E-state index is 11.7. The fourth-order valence-corrected chi connectivity index (χ4v) is 1.29. The minimum absolute atomic E-state index is 0.00220. The van der Waals surface area contributed by atoms with E-state index < -0.39 is 12.8 Å². The van der Waals surface area contributed by atoms with Crippen molar-refractivity contribution in [3.63, 3.8) is 0 Å². The zero-order valence-electron chi connectivity index (χ0n) is 8.93. The number of rotatable bonds is 6. The molecule has 17 heavy (non-hydrogen) atoms. The van der Waals surface area contributed by atoms with E-state index in [4.69, 9.17) is 11.6 Å². The SMILES string of the molecule is FC(F)(F)COCCNCc1ccncc1Cl. The largest absolute Gasteiger partial charge is 0.411 e. The first-order valence-corrected chi connectivity index (χ1v) is 5.30. The summed E-state index contributed by atoms with van der Waals surface area (Å²) in [6.07, 6.45) is -1.16. The summed E-state index contributed by atoms with van der Waals surface area (Å²) in [6, 6.07) is 1.74. The Morgan fingerprint density at radius 1 is 1.41 bits per heavy atom. The first-order valence-electron chi connectivity index (χ1n) is 4.92. The highest BCUT2D eigenvalue weighted by molar-refractivity contribution is 6.31. The van der Waals surface area contributed by atoms with Crippen molar-refractivity contribution in [2.75, 3.05) is 19.8 Å². The number of nitrogens with zero attached hydrogens (tertiary/aromatic N) is 1. The monoisotopic (exact) mass is 268 g/mol. The second kappa shape index (κ2) is 6.78. The molecule has 96 valence electrons. The highest BCUT2D eigenvalue weighted by atomic mass is 35.5. The number of hydrogen-bond donors (Lipinski definition) is 1. The Morgan fingerprint density at radius 2 is 2.18 bits per heavy atom. The minimum atomic E-state index is -4.27. The molecule has 1 aromatic heterocycles. The number of alkyl halides is 3. The Balaban J connectivity index is 2.11. The molecular formula is C10H12ClF3N2O. The third kappa shape index (κ3) is 6.45. The van der Waals surface area contributed by atoms with Crippen molar-refractivity contribution in [2.24, 2.45) is 0 Å². The van der Waals surface area contributed by atoms with Gasteiger partial charge in [0.05, 0.1) is 11.6 Å². The maximum Gasteiger partial charge on any atom is 0.411 e. The fraction of sp³-hybridized carbons (Fsp3) is 0.500. The van der Waals surface area contributed by atoms with Crippen LogP contribution >= 0.6 is 11.6 Å². The molecule has 3 nitrogen and oxygen atoms in total. The molecule has 1 rings (SSSR count). The Morgan fingerprint density at radius 3 is 2.82 bits per heavy atom. The summed E-state index contributed by atoms with van der Waals surface area (Å²) in [5.41, 5.74) is 0.845. The van der Waals surface area contributed by atoms with Gasteiger partial charge in [-0.1, -0.05) is 11.6 Å². The average molecular weight is 269 g/mol. The van der Waals surface area contributed by atoms with Gasteiger partial charge >= 0.3 is 6.18 Å². The molecule has 0 radical (unpaired) electrons. The van der Waals surface area contributed by atoms with Gasteiger partial charge in [-0.05, 0) is 11.6 Å². The molecule has 0 saturated heterocycles. The van der Waals surface area contributed by atoms with Crippen molar-refractivity contribution in [1.29, 1.82) is 0 Å². The van der Waals surface area contributed by atoms with Crippen LogP contribution in [0.25, 0.3) is 0 Å². The molecular weight excluding hydrogens is 257 g/mol. The van der Waals surface area contributed by atoms with Crippen LogP contribution in [-0.4, -0.2) is 30.9 Å². The van der Waals surface area contributed by atoms with Gasteiger partial charge in [0.1, 0.15) is 6.61 Å². The van der Waals surface area contributed by atoms with E-state index in [0.717, 1.165) is 5.56 Å². The summed E-state index contributed by atoms with van der Waals surface area (Å²) in [7, 11) is 0. The molecule has 0 spiro atoms. The van der Waals surface area contributed by atoms with Crippen LogP contribution in [0.4, 0.5) is 13.2 Å². The fourth-order valence-electron chi connectivity index (χ4n) is 1.10. The third-order valence-corrected chi connectivity index (χ3v) is 2.20. The second-order valence-electron chi connectivity index (χ2n) is 3.31. The summed E-state index contributed by atoms with van der Waals surface area (Å²) < 4.78 is 39.6. The van der Waals surface area contributed by atoms with Crippen LogP contribution in [0.1, 0.15) is 5.56 Å². The highest BCUT2D eigenvalue weighted by Crippen LogP contribution is 2.14. The van der Waals surface area contributed by atoms with E-state index >= 15 is 0 Å². The predicted molar refractivity (Wildman–Crippen MR) is 57.8 cm³/mol. The summed E-state index contributed by atoms with van der Waals surface area (Å²) in [4.78, 5) is 3.82. The number of ether oxygens (including phenoxy) is 1. The molecule has 1 aromatic rings. The van der Waals surface area contributed by atoms with Crippen LogP contribution in [0.3, 0.4) is 0 Å². The number of nitrogens with one attached hydrogen (secondary N) is 1. The van der Waals surface area contributed by atoms with Gasteiger partial charge in [0.15, 0.2) is 0 Å². The van der Waals surface area contributed by atoms with Gasteiger partial charge in [-0.2, -0.15) is 13.2 Å². The van der Waals surface area contributed by atoms with Gasteiger partial charge in [0, 0.05) is 25.5 Å². The van der Waals surface area contributed by atoms with Crippen LogP contribution in [0.5, 0.6) is 0 Å². The van der Waals surface area contributed by atoms with Gasteiger partial charge in [0.25, 0.3) is 0 Å². The molecule has 0 unspecified atom stereocenters. The average Bonchev–Trinajstić information content (AvgIpc) is 2.24. The predicted octanol–water partition coefficient (Wildman–Crippen LogP) is 2.40. The molecule has 0 amide bonds. The Hall–Kier alpha value is -0.850. The van der Waals surface area contributed by atoms with Gasteiger partial charge in [0.2, 0.25) is 0 Å². The Kier molecular flexibility index (Phi) is 5.67. The van der Waals surface area contributed by atoms with Crippen molar-refractivity contribution in [3.05, 3.63) is 29.0 Å². The number of pyridine rings is 1. The lowest BCUT2D eigenvalue weighted by atomic mass is 10.3. The smallest absolute Gasteiger partial charge is 0.371 e. The first-order chi connectivity index (χ1) is 7.99. The van der Waals surface area contributed by atoms with Crippen molar-refractivity contribution >= 4 is 11.6 Å². The third-order valence-electron chi connectivity index (χ3n) is 1.86. The minimum Gasteiger partial charge on any atom is -0.371 e. The molecule has 0 atom stereocenters. The highest BCUT2D eigenvalue weighted by Gasteiger charge is 2.27. The van der Waals surface area contributed by atoms with E-state index in [1.807, 2.05) is 0 Å². The lowest BCUT2D eigenvalue weighted by molar-refractivity contribution is -0.173. The van der Waals surface area contributed by atoms with Gasteiger partial charge in [-0.25, -0.2) is 0 Å². The standard InChI is InChI=1S/C10H12ClF3N2O/c11-9-6-15-2-1-8(9)5-16-3-4-17-7-10(12,13)14/h1-2,6,16H,3-5,7H2. The van der Waals surface area contributed by atoms with E-state index in [9.17, 15) is 13.2 Å². The summed E-state index contributed by atoms with van der Waals surface area (Å²) in [5, 5.41) is 3.45. The van der Waals surface area contributed by atoms with Gasteiger partial charge in [-0.15, -0.1) is 0 Å². The van der Waals surface area contributed by atoms with Gasteiger partial charge in [-0.3, -0.25) is 4.98 Å². The quantitative estimate of drug-likeness (QED) is 0.805. The molecule has 0 aliphatic carbocycles. The molecule has 7 heteroatoms. The number of halogens is 4. The van der Waals surface area contributed by atoms with Crippen LogP contribution in [-0.2, 0) is 11.3 Å². The Bertz CT molecular complexity index is 347. The lowest BCUT2D eigenvalue weighted by Crippen LogP contribution is -2.23. The lowest BCUT2D eigenvalue weighted by Gasteiger charge is -2.08. The topological polar surface area (TPSA) is 34.1 Å². The van der Waals surface area contributed by atoms with Crippen molar-refractivity contribution in [3.8, 4) is 0 Å². The van der Waals surface area contributed by atoms with Gasteiger partial charge < -0.3 is 10.1 Å². The Labute approximate surface area is 102 Å². The van der Waals surface area contributed by atoms with Crippen LogP contribution in [0, 0.1) is 0 Å². The van der Waals surface area contributed by atoms with E-state index in [1.54, 1.807) is 12.3 Å². The normalized spacial score (nSPS) is 11.8. The second-order valence-corrected chi connectivity index (χ2v) is 3.72. The van der Waals surface area contributed by atoms with Crippen LogP contribution in [0.2, 0.25) is 5.02 Å². The molecule has 0 fully saturated rings. The maximum atomic E-state index is 11.7. The van der Waals surface area contributed by atoms with E-state index in [-0.39, 0.29) is 6.61 Å². The summed E-state index contributed by atoms with van der Waals surface area (Å²) in [6.45, 7) is -0.418. The van der Waals surface area contributed by atoms with E-state index in [1.165, 1.54) is 6.20 Å². The summed E-state index contributed by atoms with van der Waals surface area (Å²) >= 11 is 5.84. The molecule has 0 aliphatic rings. The number of aromatic nitrogens is 1. The van der Waals surface area contributed by atoms with Crippen LogP contribution < -0.4 is 5.32 Å². The molecule has 0 aromatic carbocycles. The molecule has 0 saturated carbocycles. The molecule has 1 N–H and O–H groups in total.